The van der Waals surface area contributed by atoms with Crippen LogP contribution >= 0.6 is 0 Å². The number of non-ortho nitro benzene ring substituents is 1. The first-order valence-corrected chi connectivity index (χ1v) is 8.24. The number of hydrogen-bond donors (Lipinski definition) is 0. The molecule has 0 fully saturated rings. The zero-order valence-corrected chi connectivity index (χ0v) is 14.6. The Hall–Kier alpha value is -3.62. The summed E-state index contributed by atoms with van der Waals surface area (Å²) in [6.45, 7) is 1.67. The van der Waals surface area contributed by atoms with Crippen molar-refractivity contribution in [3.63, 3.8) is 0 Å². The molecule has 28 heavy (non-hydrogen) atoms. The first-order valence-electron chi connectivity index (χ1n) is 8.24. The van der Waals surface area contributed by atoms with Crippen LogP contribution in [0, 0.1) is 21.7 Å². The number of fused-ring (bicyclic) bond motifs is 1. The number of benzene rings is 2. The van der Waals surface area contributed by atoms with E-state index < -0.39 is 28.0 Å². The third kappa shape index (κ3) is 3.59. The summed E-state index contributed by atoms with van der Waals surface area (Å²) in [7, 11) is 0. The van der Waals surface area contributed by atoms with Gasteiger partial charge in [0, 0.05) is 36.3 Å². The van der Waals surface area contributed by atoms with Crippen molar-refractivity contribution in [2.75, 3.05) is 6.61 Å². The molecule has 0 saturated carbocycles. The minimum atomic E-state index is -1.22. The smallest absolute Gasteiger partial charge is 0.343 e. The van der Waals surface area contributed by atoms with Crippen molar-refractivity contribution < 1.29 is 23.2 Å². The number of carbonyl (C=O) groups is 1. The van der Waals surface area contributed by atoms with Crippen LogP contribution in [0.1, 0.15) is 22.8 Å². The Bertz CT molecular complexity index is 1140. The highest BCUT2D eigenvalue weighted by molar-refractivity contribution is 5.93. The molecule has 0 aliphatic rings. The number of esters is 1. The predicted molar refractivity (Wildman–Crippen MR) is 96.3 cm³/mol. The summed E-state index contributed by atoms with van der Waals surface area (Å²) in [5.74, 6) is -3.24. The second-order valence-electron chi connectivity index (χ2n) is 5.93. The van der Waals surface area contributed by atoms with Crippen LogP contribution in [0.2, 0.25) is 0 Å². The monoisotopic (exact) mass is 388 g/mol. The van der Waals surface area contributed by atoms with Gasteiger partial charge in [-0.25, -0.2) is 13.6 Å². The number of hydrogen-bond acceptors (Lipinski definition) is 5. The fourth-order valence-corrected chi connectivity index (χ4v) is 2.79. The first-order chi connectivity index (χ1) is 13.3. The standard InChI is InChI=1S/C19H14F2N2O5/c1-2-28-19(25)14-10-22(9-11-3-5-12(6-4-11)23(26)27)17-8-16(21)15(20)7-13(17)18(14)24/h3-8,10H,2,9H2,1H3. The van der Waals surface area contributed by atoms with E-state index in [-0.39, 0.29) is 35.3 Å². The molecule has 0 unspecified atom stereocenters. The van der Waals surface area contributed by atoms with Crippen molar-refractivity contribution in [2.24, 2.45) is 0 Å². The van der Waals surface area contributed by atoms with Crippen LogP contribution in [0.5, 0.6) is 0 Å². The SMILES string of the molecule is CCOC(=O)c1cn(Cc2ccc([N+](=O)[O-])cc2)c2cc(F)c(F)cc2c1=O. The molecular formula is C19H14F2N2O5. The van der Waals surface area contributed by atoms with Crippen LogP contribution in [0.25, 0.3) is 10.9 Å². The van der Waals surface area contributed by atoms with E-state index in [1.54, 1.807) is 6.92 Å². The number of ether oxygens (including phenoxy) is 1. The van der Waals surface area contributed by atoms with Gasteiger partial charge in [-0.2, -0.15) is 0 Å². The summed E-state index contributed by atoms with van der Waals surface area (Å²) < 4.78 is 33.7. The number of nitro benzene ring substituents is 1. The molecule has 1 heterocycles. The molecule has 9 heteroatoms. The zero-order chi connectivity index (χ0) is 20.4. The van der Waals surface area contributed by atoms with Gasteiger partial charge in [0.05, 0.1) is 17.0 Å². The lowest BCUT2D eigenvalue weighted by Gasteiger charge is -2.14. The third-order valence-corrected chi connectivity index (χ3v) is 4.12. The van der Waals surface area contributed by atoms with E-state index in [1.807, 2.05) is 0 Å². The Morgan fingerprint density at radius 1 is 1.18 bits per heavy atom. The maximum absolute atomic E-state index is 13.8. The highest BCUT2D eigenvalue weighted by atomic mass is 19.2. The highest BCUT2D eigenvalue weighted by Gasteiger charge is 2.19. The van der Waals surface area contributed by atoms with Gasteiger partial charge < -0.3 is 9.30 Å². The van der Waals surface area contributed by atoms with Gasteiger partial charge in [-0.15, -0.1) is 0 Å². The molecule has 0 amide bonds. The largest absolute Gasteiger partial charge is 0.462 e. The maximum Gasteiger partial charge on any atom is 0.343 e. The van der Waals surface area contributed by atoms with E-state index in [0.717, 1.165) is 12.1 Å². The molecule has 1 aromatic heterocycles. The molecule has 0 saturated heterocycles. The summed E-state index contributed by atoms with van der Waals surface area (Å²) in [5.41, 5.74) is -0.520. The average Bonchev–Trinajstić information content (AvgIpc) is 2.66. The van der Waals surface area contributed by atoms with Crippen LogP contribution in [-0.2, 0) is 11.3 Å². The Kier molecular flexibility index (Phi) is 5.16. The minimum absolute atomic E-state index is 0.0381. The van der Waals surface area contributed by atoms with Crippen LogP contribution in [0.4, 0.5) is 14.5 Å². The van der Waals surface area contributed by atoms with Gasteiger partial charge in [0.1, 0.15) is 5.56 Å². The predicted octanol–water partition coefficient (Wildman–Crippen LogP) is 3.41. The molecule has 0 atom stereocenters. The minimum Gasteiger partial charge on any atom is -0.462 e. The Labute approximate surface area is 156 Å². The fraction of sp³-hybridized carbons (Fsp3) is 0.158. The molecule has 0 radical (unpaired) electrons. The molecule has 0 bridgehead atoms. The molecule has 0 aliphatic carbocycles. The molecule has 0 N–H and O–H groups in total. The summed E-state index contributed by atoms with van der Waals surface area (Å²) >= 11 is 0. The summed E-state index contributed by atoms with van der Waals surface area (Å²) in [5, 5.41) is 10.6. The number of nitrogens with zero attached hydrogens (tertiary/aromatic N) is 2. The molecule has 3 rings (SSSR count). The molecule has 0 aliphatic heterocycles. The third-order valence-electron chi connectivity index (χ3n) is 4.12. The Balaban J connectivity index is 2.17. The van der Waals surface area contributed by atoms with Gasteiger partial charge in [-0.05, 0) is 18.6 Å². The lowest BCUT2D eigenvalue weighted by Crippen LogP contribution is -2.21. The van der Waals surface area contributed by atoms with Crippen molar-refractivity contribution in [3.8, 4) is 0 Å². The Morgan fingerprint density at radius 2 is 1.82 bits per heavy atom. The summed E-state index contributed by atoms with van der Waals surface area (Å²) in [6.07, 6.45) is 1.21. The normalized spacial score (nSPS) is 10.8. The second-order valence-corrected chi connectivity index (χ2v) is 5.93. The zero-order valence-electron chi connectivity index (χ0n) is 14.6. The number of halogens is 2. The van der Waals surface area contributed by atoms with Crippen molar-refractivity contribution in [1.29, 1.82) is 0 Å². The number of pyridine rings is 1. The van der Waals surface area contributed by atoms with Crippen LogP contribution in [0.15, 0.2) is 47.4 Å². The summed E-state index contributed by atoms with van der Waals surface area (Å²) in [4.78, 5) is 34.9. The molecule has 144 valence electrons. The van der Waals surface area contributed by atoms with Gasteiger partial charge in [0.2, 0.25) is 5.43 Å². The number of rotatable bonds is 5. The topological polar surface area (TPSA) is 91.4 Å². The lowest BCUT2D eigenvalue weighted by atomic mass is 10.1. The van der Waals surface area contributed by atoms with Gasteiger partial charge in [0.25, 0.3) is 5.69 Å². The quantitative estimate of drug-likeness (QED) is 0.379. The number of nitro groups is 1. The molecule has 3 aromatic rings. The summed E-state index contributed by atoms with van der Waals surface area (Å²) in [6, 6.07) is 7.19. The van der Waals surface area contributed by atoms with E-state index in [0.29, 0.717) is 5.56 Å². The van der Waals surface area contributed by atoms with E-state index >= 15 is 0 Å². The Morgan fingerprint density at radius 3 is 2.43 bits per heavy atom. The second kappa shape index (κ2) is 7.55. The van der Waals surface area contributed by atoms with Crippen molar-refractivity contribution >= 4 is 22.6 Å². The van der Waals surface area contributed by atoms with Crippen LogP contribution < -0.4 is 5.43 Å². The molecule has 2 aromatic carbocycles. The van der Waals surface area contributed by atoms with Crippen LogP contribution in [-0.4, -0.2) is 22.1 Å². The van der Waals surface area contributed by atoms with Crippen molar-refractivity contribution in [2.45, 2.75) is 13.5 Å². The van der Waals surface area contributed by atoms with E-state index in [9.17, 15) is 28.5 Å². The van der Waals surface area contributed by atoms with Gasteiger partial charge in [0.15, 0.2) is 11.6 Å². The fourth-order valence-electron chi connectivity index (χ4n) is 2.79. The van der Waals surface area contributed by atoms with E-state index in [1.165, 1.54) is 35.0 Å². The van der Waals surface area contributed by atoms with Gasteiger partial charge in [-0.1, -0.05) is 12.1 Å². The molecule has 0 spiro atoms. The number of aromatic nitrogens is 1. The molecular weight excluding hydrogens is 374 g/mol. The highest BCUT2D eigenvalue weighted by Crippen LogP contribution is 2.20. The first kappa shape index (κ1) is 19.2. The van der Waals surface area contributed by atoms with Gasteiger partial charge >= 0.3 is 5.97 Å². The maximum atomic E-state index is 13.8. The molecule has 7 nitrogen and oxygen atoms in total. The average molecular weight is 388 g/mol. The van der Waals surface area contributed by atoms with E-state index in [4.69, 9.17) is 4.74 Å². The van der Waals surface area contributed by atoms with Crippen molar-refractivity contribution in [3.05, 3.63) is 85.7 Å². The van der Waals surface area contributed by atoms with Crippen molar-refractivity contribution in [1.82, 2.24) is 4.57 Å². The van der Waals surface area contributed by atoms with Crippen LogP contribution in [0.3, 0.4) is 0 Å². The lowest BCUT2D eigenvalue weighted by molar-refractivity contribution is -0.384. The number of carbonyl (C=O) groups excluding carboxylic acids is 1. The van der Waals surface area contributed by atoms with Gasteiger partial charge in [-0.3, -0.25) is 14.9 Å². The van der Waals surface area contributed by atoms with E-state index in [2.05, 4.69) is 0 Å².